The first-order valence-electron chi connectivity index (χ1n) is 12.5. The SMILES string of the molecule is CCC(C)C1C=C(C)C(C)C(C)C1.CCC(C)C1CC(C)C(C)c2ccccc21. The van der Waals surface area contributed by atoms with Crippen LogP contribution in [-0.4, -0.2) is 0 Å². The van der Waals surface area contributed by atoms with Crippen LogP contribution in [0.3, 0.4) is 0 Å². The van der Waals surface area contributed by atoms with Crippen LogP contribution in [0, 0.1) is 35.5 Å². The molecule has 0 fully saturated rings. The maximum absolute atomic E-state index is 2.53. The molecular formula is C29H48. The molecule has 1 aromatic carbocycles. The highest BCUT2D eigenvalue weighted by atomic mass is 14.4. The Morgan fingerprint density at radius 2 is 1.34 bits per heavy atom. The molecule has 0 bridgehead atoms. The average Bonchev–Trinajstić information content (AvgIpc) is 2.73. The summed E-state index contributed by atoms with van der Waals surface area (Å²) in [5.74, 6) is 6.55. The van der Waals surface area contributed by atoms with Crippen molar-refractivity contribution in [3.05, 3.63) is 47.0 Å². The van der Waals surface area contributed by atoms with E-state index in [0.29, 0.717) is 0 Å². The van der Waals surface area contributed by atoms with Gasteiger partial charge in [-0.3, -0.25) is 0 Å². The maximum atomic E-state index is 2.53. The molecule has 0 heterocycles. The third-order valence-electron chi connectivity index (χ3n) is 8.76. The summed E-state index contributed by atoms with van der Waals surface area (Å²) < 4.78 is 0. The van der Waals surface area contributed by atoms with Crippen molar-refractivity contribution in [2.45, 2.75) is 99.8 Å². The minimum atomic E-state index is 0.733. The van der Waals surface area contributed by atoms with Gasteiger partial charge in [0.1, 0.15) is 0 Å². The minimum absolute atomic E-state index is 0.733. The van der Waals surface area contributed by atoms with Crippen molar-refractivity contribution in [2.24, 2.45) is 35.5 Å². The first-order chi connectivity index (χ1) is 13.7. The zero-order chi connectivity index (χ0) is 21.7. The fourth-order valence-electron chi connectivity index (χ4n) is 5.46. The van der Waals surface area contributed by atoms with Gasteiger partial charge in [0.2, 0.25) is 0 Å². The number of benzene rings is 1. The largest absolute Gasteiger partial charge is 0.0819 e. The first kappa shape index (κ1) is 24.2. The molecule has 0 aromatic heterocycles. The highest BCUT2D eigenvalue weighted by molar-refractivity contribution is 5.36. The van der Waals surface area contributed by atoms with Gasteiger partial charge in [0, 0.05) is 0 Å². The normalized spacial score (nSPS) is 33.6. The molecule has 1 aromatic rings. The smallest absolute Gasteiger partial charge is 0.0131 e. The Morgan fingerprint density at radius 3 is 1.90 bits per heavy atom. The fraction of sp³-hybridized carbons (Fsp3) is 0.724. The molecule has 0 radical (unpaired) electrons. The van der Waals surface area contributed by atoms with Crippen LogP contribution in [0.1, 0.15) is 111 Å². The number of hydrogen-bond acceptors (Lipinski definition) is 0. The molecule has 29 heavy (non-hydrogen) atoms. The van der Waals surface area contributed by atoms with Crippen LogP contribution < -0.4 is 0 Å². The van der Waals surface area contributed by atoms with Crippen LogP contribution in [-0.2, 0) is 0 Å². The van der Waals surface area contributed by atoms with E-state index in [1.54, 1.807) is 16.7 Å². The van der Waals surface area contributed by atoms with Crippen LogP contribution in [0.25, 0.3) is 0 Å². The summed E-state index contributed by atoms with van der Waals surface area (Å²) in [5, 5.41) is 0. The zero-order valence-electron chi connectivity index (χ0n) is 20.8. The predicted molar refractivity (Wildman–Crippen MR) is 130 cm³/mol. The quantitative estimate of drug-likeness (QED) is 0.445. The molecule has 0 amide bonds. The average molecular weight is 397 g/mol. The molecular weight excluding hydrogens is 348 g/mol. The monoisotopic (exact) mass is 396 g/mol. The molecule has 0 nitrogen and oxygen atoms in total. The maximum Gasteiger partial charge on any atom is -0.0131 e. The lowest BCUT2D eigenvalue weighted by Gasteiger charge is -2.37. The molecule has 2 aliphatic carbocycles. The van der Waals surface area contributed by atoms with E-state index in [4.69, 9.17) is 0 Å². The summed E-state index contributed by atoms with van der Waals surface area (Å²) in [7, 11) is 0. The summed E-state index contributed by atoms with van der Waals surface area (Å²) in [4.78, 5) is 0. The molecule has 164 valence electrons. The standard InChI is InChI=1S/C16H24.C13H24/c1-5-11(2)16-10-12(3)13(4)14-8-6-7-9-15(14)16;1-6-9(2)13-7-10(3)12(5)11(4)8-13/h6-9,11-13,16H,5,10H2,1-4H3;7,9,11-13H,6,8H2,1-5H3. The van der Waals surface area contributed by atoms with Crippen molar-refractivity contribution in [2.75, 3.05) is 0 Å². The van der Waals surface area contributed by atoms with Gasteiger partial charge in [-0.15, -0.1) is 0 Å². The Kier molecular flexibility index (Phi) is 9.05. The van der Waals surface area contributed by atoms with E-state index >= 15 is 0 Å². The topological polar surface area (TPSA) is 0 Å². The molecule has 0 saturated carbocycles. The second-order valence-electron chi connectivity index (χ2n) is 10.6. The Balaban J connectivity index is 0.000000212. The molecule has 8 atom stereocenters. The van der Waals surface area contributed by atoms with E-state index in [-0.39, 0.29) is 0 Å². The highest BCUT2D eigenvalue weighted by Gasteiger charge is 2.31. The van der Waals surface area contributed by atoms with E-state index in [1.807, 2.05) is 0 Å². The molecule has 3 rings (SSSR count). The minimum Gasteiger partial charge on any atom is -0.0819 e. The molecule has 0 heteroatoms. The number of rotatable bonds is 4. The van der Waals surface area contributed by atoms with Gasteiger partial charge in [0.15, 0.2) is 0 Å². The number of fused-ring (bicyclic) bond motifs is 1. The van der Waals surface area contributed by atoms with Gasteiger partial charge in [-0.1, -0.05) is 104 Å². The van der Waals surface area contributed by atoms with E-state index in [1.165, 1.54) is 25.7 Å². The van der Waals surface area contributed by atoms with Gasteiger partial charge in [-0.2, -0.15) is 0 Å². The highest BCUT2D eigenvalue weighted by Crippen LogP contribution is 2.45. The van der Waals surface area contributed by atoms with Crippen LogP contribution in [0.5, 0.6) is 0 Å². The second kappa shape index (κ2) is 10.8. The van der Waals surface area contributed by atoms with Crippen LogP contribution in [0.15, 0.2) is 35.9 Å². The lowest BCUT2D eigenvalue weighted by atomic mass is 9.67. The van der Waals surface area contributed by atoms with Gasteiger partial charge in [-0.25, -0.2) is 0 Å². The lowest BCUT2D eigenvalue weighted by Crippen LogP contribution is -2.23. The van der Waals surface area contributed by atoms with Gasteiger partial charge in [0.05, 0.1) is 0 Å². The third-order valence-corrected chi connectivity index (χ3v) is 8.76. The van der Waals surface area contributed by atoms with Crippen molar-refractivity contribution in [3.8, 4) is 0 Å². The molecule has 0 saturated heterocycles. The van der Waals surface area contributed by atoms with Crippen molar-refractivity contribution in [3.63, 3.8) is 0 Å². The summed E-state index contributed by atoms with van der Waals surface area (Å²) in [5.41, 5.74) is 4.85. The van der Waals surface area contributed by atoms with Crippen molar-refractivity contribution in [1.29, 1.82) is 0 Å². The van der Waals surface area contributed by atoms with Crippen LogP contribution in [0.2, 0.25) is 0 Å². The van der Waals surface area contributed by atoms with Crippen molar-refractivity contribution >= 4 is 0 Å². The van der Waals surface area contributed by atoms with Gasteiger partial charge in [0.25, 0.3) is 0 Å². The predicted octanol–water partition coefficient (Wildman–Crippen LogP) is 9.23. The lowest BCUT2D eigenvalue weighted by molar-refractivity contribution is 0.275. The second-order valence-corrected chi connectivity index (χ2v) is 10.6. The zero-order valence-corrected chi connectivity index (χ0v) is 20.8. The Labute approximate surface area is 182 Å². The molecule has 0 spiro atoms. The van der Waals surface area contributed by atoms with Crippen molar-refractivity contribution in [1.82, 2.24) is 0 Å². The molecule has 0 N–H and O–H groups in total. The third kappa shape index (κ3) is 5.77. The summed E-state index contributed by atoms with van der Waals surface area (Å²) >= 11 is 0. The van der Waals surface area contributed by atoms with E-state index in [2.05, 4.69) is 92.7 Å². The summed E-state index contributed by atoms with van der Waals surface area (Å²) in [6.45, 7) is 21.3. The van der Waals surface area contributed by atoms with Gasteiger partial charge < -0.3 is 0 Å². The van der Waals surface area contributed by atoms with E-state index in [0.717, 1.165) is 47.3 Å². The first-order valence-corrected chi connectivity index (χ1v) is 12.5. The van der Waals surface area contributed by atoms with Crippen molar-refractivity contribution < 1.29 is 0 Å². The van der Waals surface area contributed by atoms with Gasteiger partial charge in [-0.05, 0) is 78.2 Å². The molecule has 2 aliphatic rings. The number of hydrogen-bond donors (Lipinski definition) is 0. The van der Waals surface area contributed by atoms with E-state index in [9.17, 15) is 0 Å². The van der Waals surface area contributed by atoms with Crippen LogP contribution >= 0.6 is 0 Å². The number of allylic oxidation sites excluding steroid dienone is 2. The van der Waals surface area contributed by atoms with Gasteiger partial charge >= 0.3 is 0 Å². The molecule has 8 unspecified atom stereocenters. The summed E-state index contributed by atoms with van der Waals surface area (Å²) in [6.07, 6.45) is 7.90. The van der Waals surface area contributed by atoms with E-state index < -0.39 is 0 Å². The molecule has 0 aliphatic heterocycles. The fourth-order valence-corrected chi connectivity index (χ4v) is 5.46. The Bertz CT molecular complexity index is 654. The van der Waals surface area contributed by atoms with Crippen LogP contribution in [0.4, 0.5) is 0 Å². The summed E-state index contributed by atoms with van der Waals surface area (Å²) in [6, 6.07) is 9.09. The Hall–Kier alpha value is -1.04. The Morgan fingerprint density at radius 1 is 0.793 bits per heavy atom.